The van der Waals surface area contributed by atoms with Crippen molar-refractivity contribution in [1.82, 2.24) is 5.32 Å². The van der Waals surface area contributed by atoms with Gasteiger partial charge in [0.25, 0.3) is 0 Å². The normalized spacial score (nSPS) is 13.4. The molecule has 0 bridgehead atoms. The van der Waals surface area contributed by atoms with E-state index in [1.54, 1.807) is 6.08 Å². The average Bonchev–Trinajstić information content (AvgIpc) is 2.97. The number of hydrogen-bond acceptors (Lipinski definition) is 3. The summed E-state index contributed by atoms with van der Waals surface area (Å²) in [5.74, 6) is -0.0740. The second-order valence-corrected chi connectivity index (χ2v) is 12.3. The largest absolute Gasteiger partial charge is 0.394 e. The molecule has 0 aromatic heterocycles. The van der Waals surface area contributed by atoms with Crippen molar-refractivity contribution in [3.8, 4) is 0 Å². The van der Waals surface area contributed by atoms with Gasteiger partial charge in [-0.05, 0) is 32.1 Å². The number of carbonyl (C=O) groups excluding carboxylic acids is 1. The average molecular weight is 578 g/mol. The minimum absolute atomic E-state index is 0.0740. The summed E-state index contributed by atoms with van der Waals surface area (Å²) in [4.78, 5) is 12.3. The summed E-state index contributed by atoms with van der Waals surface area (Å²) in [5.41, 5.74) is 0. The van der Waals surface area contributed by atoms with Crippen molar-refractivity contribution >= 4 is 5.91 Å². The second-order valence-electron chi connectivity index (χ2n) is 12.3. The van der Waals surface area contributed by atoms with Crippen molar-refractivity contribution in [2.45, 2.75) is 199 Å². The maximum atomic E-state index is 12.3. The van der Waals surface area contributed by atoms with Crippen LogP contribution in [0, 0.1) is 0 Å². The summed E-state index contributed by atoms with van der Waals surface area (Å²) in [6, 6.07) is -0.632. The van der Waals surface area contributed by atoms with Crippen molar-refractivity contribution in [3.05, 3.63) is 24.3 Å². The van der Waals surface area contributed by atoms with E-state index in [1.807, 2.05) is 6.08 Å². The first-order valence-corrected chi connectivity index (χ1v) is 18.1. The topological polar surface area (TPSA) is 69.6 Å². The molecule has 3 N–H and O–H groups in total. The number of allylic oxidation sites excluding steroid dienone is 3. The lowest BCUT2D eigenvalue weighted by molar-refractivity contribution is -0.123. The van der Waals surface area contributed by atoms with Crippen LogP contribution in [0.15, 0.2) is 24.3 Å². The molecular formula is C37H71NO3. The lowest BCUT2D eigenvalue weighted by Crippen LogP contribution is -2.45. The number of hydrogen-bond donors (Lipinski definition) is 3. The van der Waals surface area contributed by atoms with Crippen LogP contribution in [0.4, 0.5) is 0 Å². The molecule has 0 rings (SSSR count). The van der Waals surface area contributed by atoms with E-state index in [2.05, 4.69) is 31.3 Å². The lowest BCUT2D eigenvalue weighted by atomic mass is 10.0. The van der Waals surface area contributed by atoms with Crippen LogP contribution >= 0.6 is 0 Å². The predicted molar refractivity (Wildman–Crippen MR) is 179 cm³/mol. The van der Waals surface area contributed by atoms with Crippen LogP contribution in [-0.4, -0.2) is 34.9 Å². The third-order valence-electron chi connectivity index (χ3n) is 8.19. The first-order valence-electron chi connectivity index (χ1n) is 18.1. The van der Waals surface area contributed by atoms with E-state index < -0.39 is 12.1 Å². The number of carbonyl (C=O) groups is 1. The standard InChI is InChI=1S/C37H71NO3/c1-3-5-7-9-11-13-15-17-18-19-20-21-23-25-27-29-31-33-37(41)38-35(34-39)36(40)32-30-28-26-24-22-16-14-12-10-8-6-4-2/h22,24,30,32,35-36,39-40H,3-21,23,25-29,31,33-34H2,1-2H3,(H,38,41)/b24-22+,32-30+/t35-,36+/m0/s1. The van der Waals surface area contributed by atoms with Gasteiger partial charge in [0.1, 0.15) is 0 Å². The lowest BCUT2D eigenvalue weighted by Gasteiger charge is -2.19. The van der Waals surface area contributed by atoms with E-state index in [1.165, 1.54) is 135 Å². The Morgan fingerprint density at radius 1 is 0.561 bits per heavy atom. The van der Waals surface area contributed by atoms with Crippen LogP contribution in [0.1, 0.15) is 187 Å². The maximum Gasteiger partial charge on any atom is 0.220 e. The van der Waals surface area contributed by atoms with Crippen molar-refractivity contribution in [2.75, 3.05) is 6.61 Å². The molecule has 0 aliphatic rings. The Hall–Kier alpha value is -1.13. The molecule has 0 heterocycles. The second kappa shape index (κ2) is 33.4. The third kappa shape index (κ3) is 30.1. The van der Waals surface area contributed by atoms with Crippen LogP contribution in [-0.2, 0) is 4.79 Å². The zero-order valence-electron chi connectivity index (χ0n) is 27.6. The third-order valence-corrected chi connectivity index (χ3v) is 8.19. The van der Waals surface area contributed by atoms with Gasteiger partial charge < -0.3 is 15.5 Å². The van der Waals surface area contributed by atoms with Gasteiger partial charge in [0, 0.05) is 6.42 Å². The molecule has 0 spiro atoms. The Bertz CT molecular complexity index is 589. The number of amides is 1. The van der Waals surface area contributed by atoms with Gasteiger partial charge in [0.2, 0.25) is 5.91 Å². The van der Waals surface area contributed by atoms with Crippen LogP contribution in [0.3, 0.4) is 0 Å². The fraction of sp³-hybridized carbons (Fsp3) is 0.865. The molecule has 0 aromatic rings. The maximum absolute atomic E-state index is 12.3. The number of nitrogens with one attached hydrogen (secondary N) is 1. The molecule has 2 atom stereocenters. The Labute approximate surface area is 256 Å². The smallest absolute Gasteiger partial charge is 0.220 e. The van der Waals surface area contributed by atoms with Gasteiger partial charge in [0.05, 0.1) is 18.8 Å². The molecular weight excluding hydrogens is 506 g/mol. The Kier molecular flexibility index (Phi) is 32.5. The van der Waals surface area contributed by atoms with Crippen LogP contribution < -0.4 is 5.32 Å². The first-order chi connectivity index (χ1) is 20.2. The van der Waals surface area contributed by atoms with Crippen molar-refractivity contribution < 1.29 is 15.0 Å². The number of aliphatic hydroxyl groups excluding tert-OH is 2. The highest BCUT2D eigenvalue weighted by atomic mass is 16.3. The molecule has 0 aliphatic carbocycles. The molecule has 0 aliphatic heterocycles. The van der Waals surface area contributed by atoms with Gasteiger partial charge in [0.15, 0.2) is 0 Å². The summed E-state index contributed by atoms with van der Waals surface area (Å²) >= 11 is 0. The predicted octanol–water partition coefficient (Wildman–Crippen LogP) is 10.5. The monoisotopic (exact) mass is 578 g/mol. The summed E-state index contributed by atoms with van der Waals surface area (Å²) < 4.78 is 0. The SMILES string of the molecule is CCCCCCCC/C=C/CC/C=C/[C@@H](O)[C@H](CO)NC(=O)CCCCCCCCCCCCCCCCCCC. The highest BCUT2D eigenvalue weighted by Crippen LogP contribution is 2.14. The molecule has 1 amide bonds. The Balaban J connectivity index is 3.62. The van der Waals surface area contributed by atoms with Gasteiger partial charge in [-0.15, -0.1) is 0 Å². The fourth-order valence-electron chi connectivity index (χ4n) is 5.37. The molecule has 4 nitrogen and oxygen atoms in total. The number of rotatable bonds is 32. The zero-order chi connectivity index (χ0) is 30.1. The van der Waals surface area contributed by atoms with Crippen molar-refractivity contribution in [1.29, 1.82) is 0 Å². The zero-order valence-corrected chi connectivity index (χ0v) is 27.6. The van der Waals surface area contributed by atoms with E-state index in [-0.39, 0.29) is 12.5 Å². The molecule has 4 heteroatoms. The summed E-state index contributed by atoms with van der Waals surface area (Å²) in [6.45, 7) is 4.27. The van der Waals surface area contributed by atoms with Gasteiger partial charge in [-0.2, -0.15) is 0 Å². The van der Waals surface area contributed by atoms with E-state index in [0.29, 0.717) is 6.42 Å². The Morgan fingerprint density at radius 3 is 1.41 bits per heavy atom. The van der Waals surface area contributed by atoms with Gasteiger partial charge in [-0.3, -0.25) is 4.79 Å². The van der Waals surface area contributed by atoms with Gasteiger partial charge in [-0.1, -0.05) is 173 Å². The molecule has 0 fully saturated rings. The van der Waals surface area contributed by atoms with E-state index >= 15 is 0 Å². The van der Waals surface area contributed by atoms with E-state index in [4.69, 9.17) is 0 Å². The van der Waals surface area contributed by atoms with Crippen LogP contribution in [0.2, 0.25) is 0 Å². The molecule has 0 radical (unpaired) electrons. The van der Waals surface area contributed by atoms with Gasteiger partial charge in [-0.25, -0.2) is 0 Å². The molecule has 242 valence electrons. The first kappa shape index (κ1) is 39.9. The minimum atomic E-state index is -0.855. The minimum Gasteiger partial charge on any atom is -0.394 e. The molecule has 0 saturated heterocycles. The summed E-state index contributed by atoms with van der Waals surface area (Å²) in [5, 5.41) is 22.8. The highest BCUT2D eigenvalue weighted by molar-refractivity contribution is 5.76. The fourth-order valence-corrected chi connectivity index (χ4v) is 5.37. The van der Waals surface area contributed by atoms with E-state index in [0.717, 1.165) is 32.1 Å². The molecule has 0 saturated carbocycles. The molecule has 0 aromatic carbocycles. The summed E-state index contributed by atoms with van der Waals surface area (Å²) in [6.07, 6.45) is 41.2. The quantitative estimate of drug-likeness (QED) is 0.0550. The van der Waals surface area contributed by atoms with Crippen LogP contribution in [0.25, 0.3) is 0 Å². The number of aliphatic hydroxyl groups is 2. The Morgan fingerprint density at radius 2 is 0.951 bits per heavy atom. The molecule has 0 unspecified atom stereocenters. The highest BCUT2D eigenvalue weighted by Gasteiger charge is 2.17. The van der Waals surface area contributed by atoms with Crippen molar-refractivity contribution in [3.63, 3.8) is 0 Å². The summed E-state index contributed by atoms with van der Waals surface area (Å²) in [7, 11) is 0. The van der Waals surface area contributed by atoms with Gasteiger partial charge >= 0.3 is 0 Å². The van der Waals surface area contributed by atoms with Crippen molar-refractivity contribution in [2.24, 2.45) is 0 Å². The molecule has 41 heavy (non-hydrogen) atoms. The van der Waals surface area contributed by atoms with E-state index in [9.17, 15) is 15.0 Å². The number of unbranched alkanes of at least 4 members (excludes halogenated alkanes) is 23. The van der Waals surface area contributed by atoms with Crippen LogP contribution in [0.5, 0.6) is 0 Å².